The van der Waals surface area contributed by atoms with Gasteiger partial charge < -0.3 is 0 Å². The molecule has 0 saturated carbocycles. The molecule has 0 atom stereocenters. The minimum Gasteiger partial charge on any atom is -0.0622 e. The predicted molar refractivity (Wildman–Crippen MR) is 99.4 cm³/mol. The Morgan fingerprint density at radius 2 is 1.30 bits per heavy atom. The summed E-state index contributed by atoms with van der Waals surface area (Å²) in [6, 6.07) is 23.9. The molecule has 112 valence electrons. The number of hydrogen-bond acceptors (Lipinski definition) is 0. The average molecular weight is 296 g/mol. The van der Waals surface area contributed by atoms with Gasteiger partial charge in [0.05, 0.1) is 0 Å². The fourth-order valence-electron chi connectivity index (χ4n) is 3.55. The van der Waals surface area contributed by atoms with Crippen LogP contribution in [0.4, 0.5) is 0 Å². The third-order valence-corrected chi connectivity index (χ3v) is 4.85. The quantitative estimate of drug-likeness (QED) is 0.538. The Morgan fingerprint density at radius 1 is 0.652 bits per heavy atom. The Bertz CT molecular complexity index is 899. The van der Waals surface area contributed by atoms with Crippen molar-refractivity contribution < 1.29 is 0 Å². The van der Waals surface area contributed by atoms with Gasteiger partial charge in [0, 0.05) is 0 Å². The van der Waals surface area contributed by atoms with Gasteiger partial charge in [-0.2, -0.15) is 0 Å². The van der Waals surface area contributed by atoms with Gasteiger partial charge in [0.25, 0.3) is 0 Å². The van der Waals surface area contributed by atoms with Crippen molar-refractivity contribution >= 4 is 11.6 Å². The smallest absolute Gasteiger partial charge is 0.00107 e. The second-order valence-corrected chi connectivity index (χ2v) is 6.35. The summed E-state index contributed by atoms with van der Waals surface area (Å²) >= 11 is 0. The van der Waals surface area contributed by atoms with E-state index in [1.165, 1.54) is 44.5 Å². The Kier molecular flexibility index (Phi) is 3.38. The van der Waals surface area contributed by atoms with Gasteiger partial charge in [-0.25, -0.2) is 0 Å². The lowest BCUT2D eigenvalue weighted by Gasteiger charge is -2.11. The van der Waals surface area contributed by atoms with Crippen molar-refractivity contribution in [1.82, 2.24) is 0 Å². The summed E-state index contributed by atoms with van der Waals surface area (Å²) in [5, 5.41) is 0. The summed E-state index contributed by atoms with van der Waals surface area (Å²) in [5.41, 5.74) is 11.1. The third-order valence-electron chi connectivity index (χ3n) is 4.85. The van der Waals surface area contributed by atoms with Crippen molar-refractivity contribution in [1.29, 1.82) is 0 Å². The Labute approximate surface area is 138 Å². The van der Waals surface area contributed by atoms with Gasteiger partial charge in [-0.1, -0.05) is 72.8 Å². The van der Waals surface area contributed by atoms with E-state index in [-0.39, 0.29) is 0 Å². The number of benzene rings is 3. The van der Waals surface area contributed by atoms with E-state index in [9.17, 15) is 0 Å². The summed E-state index contributed by atoms with van der Waals surface area (Å²) in [4.78, 5) is 0. The van der Waals surface area contributed by atoms with E-state index in [0.717, 1.165) is 6.42 Å². The van der Waals surface area contributed by atoms with Crippen LogP contribution in [0, 0.1) is 13.8 Å². The maximum Gasteiger partial charge on any atom is -0.00107 e. The van der Waals surface area contributed by atoms with Crippen LogP contribution in [-0.2, 0) is 6.42 Å². The molecule has 0 aliphatic heterocycles. The molecule has 0 heteroatoms. The van der Waals surface area contributed by atoms with Crippen LogP contribution in [0.1, 0.15) is 27.8 Å². The highest BCUT2D eigenvalue weighted by Gasteiger charge is 2.19. The molecule has 0 heterocycles. The third kappa shape index (κ3) is 2.41. The SMILES string of the molecule is Cc1ccc(C)c2c1C=C(c1ccccc1-c1ccccc1)C2. The molecule has 0 nitrogen and oxygen atoms in total. The molecule has 1 aliphatic carbocycles. The molecule has 0 N–H and O–H groups in total. The molecule has 0 aromatic heterocycles. The Balaban J connectivity index is 1.84. The molecule has 1 aliphatic rings. The first-order valence-electron chi connectivity index (χ1n) is 8.18. The standard InChI is InChI=1S/C23H20/c1-16-12-13-17(2)23-15-19(14-22(16)23)21-11-7-6-10-20(21)18-8-4-3-5-9-18/h3-14H,15H2,1-2H3. The van der Waals surface area contributed by atoms with Crippen LogP contribution >= 0.6 is 0 Å². The average Bonchev–Trinajstić information content (AvgIpc) is 3.06. The molecule has 23 heavy (non-hydrogen) atoms. The molecule has 0 amide bonds. The highest BCUT2D eigenvalue weighted by molar-refractivity contribution is 5.94. The summed E-state index contributed by atoms with van der Waals surface area (Å²) in [6.45, 7) is 4.43. The molecule has 0 saturated heterocycles. The minimum absolute atomic E-state index is 1.03. The van der Waals surface area contributed by atoms with Crippen LogP contribution in [0.2, 0.25) is 0 Å². The van der Waals surface area contributed by atoms with Crippen LogP contribution in [-0.4, -0.2) is 0 Å². The lowest BCUT2D eigenvalue weighted by Crippen LogP contribution is -1.93. The van der Waals surface area contributed by atoms with E-state index in [2.05, 4.69) is 86.7 Å². The van der Waals surface area contributed by atoms with Crippen molar-refractivity contribution in [2.75, 3.05) is 0 Å². The van der Waals surface area contributed by atoms with Gasteiger partial charge in [-0.15, -0.1) is 0 Å². The predicted octanol–water partition coefficient (Wildman–Crippen LogP) is 6.07. The fourth-order valence-corrected chi connectivity index (χ4v) is 3.55. The second kappa shape index (κ2) is 5.55. The molecular formula is C23H20. The van der Waals surface area contributed by atoms with Crippen molar-refractivity contribution in [3.05, 3.63) is 94.5 Å². The molecule has 0 fully saturated rings. The van der Waals surface area contributed by atoms with Crippen molar-refractivity contribution in [3.8, 4) is 11.1 Å². The number of allylic oxidation sites excluding steroid dienone is 1. The first-order valence-corrected chi connectivity index (χ1v) is 8.18. The molecule has 0 spiro atoms. The highest BCUT2D eigenvalue weighted by Crippen LogP contribution is 2.38. The Morgan fingerprint density at radius 3 is 2.04 bits per heavy atom. The number of aryl methyl sites for hydroxylation is 2. The van der Waals surface area contributed by atoms with Crippen molar-refractivity contribution in [2.24, 2.45) is 0 Å². The molecule has 0 unspecified atom stereocenters. The van der Waals surface area contributed by atoms with Crippen LogP contribution in [0.25, 0.3) is 22.8 Å². The Hall–Kier alpha value is -2.60. The van der Waals surface area contributed by atoms with Crippen LogP contribution in [0.15, 0.2) is 66.7 Å². The minimum atomic E-state index is 1.03. The van der Waals surface area contributed by atoms with Crippen molar-refractivity contribution in [2.45, 2.75) is 20.3 Å². The maximum atomic E-state index is 2.39. The monoisotopic (exact) mass is 296 g/mol. The van der Waals surface area contributed by atoms with E-state index >= 15 is 0 Å². The van der Waals surface area contributed by atoms with E-state index in [4.69, 9.17) is 0 Å². The first-order chi connectivity index (χ1) is 11.2. The number of hydrogen-bond donors (Lipinski definition) is 0. The topological polar surface area (TPSA) is 0 Å². The van der Waals surface area contributed by atoms with Gasteiger partial charge in [-0.05, 0) is 64.8 Å². The molecule has 0 bridgehead atoms. The summed E-state index contributed by atoms with van der Waals surface area (Å²) in [6.07, 6.45) is 3.42. The van der Waals surface area contributed by atoms with E-state index < -0.39 is 0 Å². The zero-order valence-electron chi connectivity index (χ0n) is 13.6. The van der Waals surface area contributed by atoms with Crippen LogP contribution < -0.4 is 0 Å². The van der Waals surface area contributed by atoms with Gasteiger partial charge in [0.2, 0.25) is 0 Å². The lowest BCUT2D eigenvalue weighted by molar-refractivity contribution is 1.23. The lowest BCUT2D eigenvalue weighted by atomic mass is 9.93. The molecule has 3 aromatic rings. The normalized spacial score (nSPS) is 12.9. The van der Waals surface area contributed by atoms with E-state index in [1.54, 1.807) is 0 Å². The second-order valence-electron chi connectivity index (χ2n) is 6.35. The van der Waals surface area contributed by atoms with Gasteiger partial charge in [0.1, 0.15) is 0 Å². The summed E-state index contributed by atoms with van der Waals surface area (Å²) in [7, 11) is 0. The van der Waals surface area contributed by atoms with Crippen LogP contribution in [0.5, 0.6) is 0 Å². The van der Waals surface area contributed by atoms with E-state index in [1.807, 2.05) is 0 Å². The molecule has 0 radical (unpaired) electrons. The highest BCUT2D eigenvalue weighted by atomic mass is 14.2. The fraction of sp³-hybridized carbons (Fsp3) is 0.130. The number of fused-ring (bicyclic) bond motifs is 1. The van der Waals surface area contributed by atoms with Gasteiger partial charge in [-0.3, -0.25) is 0 Å². The molecule has 3 aromatic carbocycles. The maximum absolute atomic E-state index is 2.39. The molecule has 4 rings (SSSR count). The van der Waals surface area contributed by atoms with Gasteiger partial charge in [0.15, 0.2) is 0 Å². The van der Waals surface area contributed by atoms with Gasteiger partial charge >= 0.3 is 0 Å². The zero-order valence-corrected chi connectivity index (χ0v) is 13.6. The first kappa shape index (κ1) is 14.0. The van der Waals surface area contributed by atoms with E-state index in [0.29, 0.717) is 0 Å². The summed E-state index contributed by atoms with van der Waals surface area (Å²) < 4.78 is 0. The number of rotatable bonds is 2. The van der Waals surface area contributed by atoms with Crippen LogP contribution in [0.3, 0.4) is 0 Å². The summed E-state index contributed by atoms with van der Waals surface area (Å²) in [5.74, 6) is 0. The zero-order chi connectivity index (χ0) is 15.8. The van der Waals surface area contributed by atoms with Crippen molar-refractivity contribution in [3.63, 3.8) is 0 Å². The molecular weight excluding hydrogens is 276 g/mol. The largest absolute Gasteiger partial charge is 0.0622 e.